The van der Waals surface area contributed by atoms with E-state index in [0.717, 1.165) is 9.78 Å². The molecule has 0 amide bonds. The molecule has 2 rings (SSSR count). The third-order valence-corrected chi connectivity index (χ3v) is 3.85. The summed E-state index contributed by atoms with van der Waals surface area (Å²) in [4.78, 5) is 14.7. The van der Waals surface area contributed by atoms with Crippen molar-refractivity contribution in [1.29, 1.82) is 0 Å². The molecule has 0 aliphatic heterocycles. The van der Waals surface area contributed by atoms with Crippen molar-refractivity contribution in [2.24, 2.45) is 0 Å². The molecule has 1 heterocycles. The van der Waals surface area contributed by atoms with Crippen LogP contribution in [0, 0.1) is 0 Å². The summed E-state index contributed by atoms with van der Waals surface area (Å²) in [7, 11) is 0. The van der Waals surface area contributed by atoms with Crippen molar-refractivity contribution in [1.82, 2.24) is 4.98 Å². The van der Waals surface area contributed by atoms with Crippen molar-refractivity contribution >= 4 is 41.9 Å². The zero-order valence-electron chi connectivity index (χ0n) is 7.03. The number of carbonyl (C=O) groups is 1. The fraction of sp³-hybridized carbons (Fsp3) is 0.111. The van der Waals surface area contributed by atoms with Gasteiger partial charge in [0.2, 0.25) is 0 Å². The Morgan fingerprint density at radius 2 is 2.36 bits per heavy atom. The number of aromatic nitrogens is 1. The number of fused-ring (bicyclic) bond motifs is 1. The quantitative estimate of drug-likeness (QED) is 0.846. The first kappa shape index (κ1) is 9.71. The standard InChI is InChI=1S/C9H6ClNO2Se/c10-6-3-7-8(14-4-11-7)1-5(6)2-9(12)13/h1,3-4H,2H2,(H,12,13). The predicted octanol–water partition coefficient (Wildman–Crippen LogP) is 1.57. The van der Waals surface area contributed by atoms with Crippen molar-refractivity contribution < 1.29 is 9.90 Å². The van der Waals surface area contributed by atoms with Gasteiger partial charge in [-0.3, -0.25) is 0 Å². The number of carboxylic acids is 1. The summed E-state index contributed by atoms with van der Waals surface area (Å²) in [6.45, 7) is 0. The van der Waals surface area contributed by atoms with Crippen molar-refractivity contribution in [3.63, 3.8) is 0 Å². The molecule has 0 saturated heterocycles. The normalized spacial score (nSPS) is 10.6. The molecule has 1 aromatic carbocycles. The number of aliphatic carboxylic acids is 1. The van der Waals surface area contributed by atoms with Crippen molar-refractivity contribution in [2.75, 3.05) is 0 Å². The van der Waals surface area contributed by atoms with Gasteiger partial charge >= 0.3 is 90.9 Å². The van der Waals surface area contributed by atoms with Crippen LogP contribution >= 0.6 is 11.6 Å². The Morgan fingerprint density at radius 3 is 3.07 bits per heavy atom. The first-order valence-electron chi connectivity index (χ1n) is 3.90. The molecule has 14 heavy (non-hydrogen) atoms. The van der Waals surface area contributed by atoms with E-state index in [1.54, 1.807) is 6.07 Å². The van der Waals surface area contributed by atoms with Crippen LogP contribution in [0.25, 0.3) is 9.78 Å². The summed E-state index contributed by atoms with van der Waals surface area (Å²) < 4.78 is 1.11. The van der Waals surface area contributed by atoms with Gasteiger partial charge in [0, 0.05) is 0 Å². The maximum absolute atomic E-state index is 10.5. The second-order valence-corrected chi connectivity index (χ2v) is 5.10. The minimum atomic E-state index is -0.863. The van der Waals surface area contributed by atoms with Crippen LogP contribution in [-0.2, 0) is 11.2 Å². The first-order valence-corrected chi connectivity index (χ1v) is 6.12. The summed E-state index contributed by atoms with van der Waals surface area (Å²) in [5.74, 6) is -0.863. The van der Waals surface area contributed by atoms with Gasteiger partial charge in [0.25, 0.3) is 0 Å². The number of rotatable bonds is 2. The molecule has 1 aromatic heterocycles. The van der Waals surface area contributed by atoms with Crippen molar-refractivity contribution in [3.05, 3.63) is 27.8 Å². The van der Waals surface area contributed by atoms with Gasteiger partial charge in [-0.2, -0.15) is 0 Å². The van der Waals surface area contributed by atoms with Crippen LogP contribution in [0.4, 0.5) is 0 Å². The molecule has 0 fully saturated rings. The van der Waals surface area contributed by atoms with E-state index in [-0.39, 0.29) is 20.9 Å². The van der Waals surface area contributed by atoms with Crippen LogP contribution in [0.5, 0.6) is 0 Å². The molecule has 0 saturated carbocycles. The van der Waals surface area contributed by atoms with Crippen LogP contribution in [0.1, 0.15) is 5.56 Å². The number of hydrogen-bond donors (Lipinski definition) is 1. The molecular formula is C9H6ClNO2Se. The molecule has 0 radical (unpaired) electrons. The van der Waals surface area contributed by atoms with Crippen molar-refractivity contribution in [3.8, 4) is 0 Å². The van der Waals surface area contributed by atoms with Crippen LogP contribution in [-0.4, -0.2) is 30.6 Å². The van der Waals surface area contributed by atoms with E-state index < -0.39 is 5.97 Å². The number of hydrogen-bond acceptors (Lipinski definition) is 2. The molecule has 3 nitrogen and oxygen atoms in total. The monoisotopic (exact) mass is 275 g/mol. The molecule has 0 bridgehead atoms. The topological polar surface area (TPSA) is 50.2 Å². The van der Waals surface area contributed by atoms with Gasteiger partial charge in [-0.1, -0.05) is 0 Å². The van der Waals surface area contributed by atoms with Gasteiger partial charge in [-0.05, 0) is 0 Å². The predicted molar refractivity (Wildman–Crippen MR) is 55.0 cm³/mol. The van der Waals surface area contributed by atoms with Crippen LogP contribution in [0.2, 0.25) is 5.02 Å². The molecule has 0 aliphatic rings. The summed E-state index contributed by atoms with van der Waals surface area (Å²) >= 11 is 6.15. The summed E-state index contributed by atoms with van der Waals surface area (Å²) in [6.07, 6.45) is -0.0256. The molecule has 1 N–H and O–H groups in total. The Morgan fingerprint density at radius 1 is 1.57 bits per heavy atom. The Balaban J connectivity index is 2.53. The Labute approximate surface area is 91.1 Å². The van der Waals surface area contributed by atoms with Crippen molar-refractivity contribution in [2.45, 2.75) is 6.42 Å². The molecule has 0 aliphatic carbocycles. The maximum atomic E-state index is 10.5. The number of benzene rings is 1. The summed E-state index contributed by atoms with van der Waals surface area (Å²) in [5, 5.41) is 11.0. The molecule has 2 aromatic rings. The molecule has 0 unspecified atom stereocenters. The fourth-order valence-electron chi connectivity index (χ4n) is 1.22. The van der Waals surface area contributed by atoms with Gasteiger partial charge in [-0.25, -0.2) is 0 Å². The summed E-state index contributed by atoms with van der Waals surface area (Å²) in [5.41, 5.74) is 1.55. The number of carboxylic acid groups (broad SMARTS) is 1. The number of nitrogens with zero attached hydrogens (tertiary/aromatic N) is 1. The van der Waals surface area contributed by atoms with Crippen LogP contribution in [0.15, 0.2) is 17.2 Å². The van der Waals surface area contributed by atoms with Gasteiger partial charge in [-0.15, -0.1) is 0 Å². The van der Waals surface area contributed by atoms with E-state index in [9.17, 15) is 4.79 Å². The second-order valence-electron chi connectivity index (χ2n) is 2.83. The first-order chi connectivity index (χ1) is 6.66. The summed E-state index contributed by atoms with van der Waals surface area (Å²) in [6, 6.07) is 3.58. The van der Waals surface area contributed by atoms with Gasteiger partial charge in [0.05, 0.1) is 0 Å². The van der Waals surface area contributed by atoms with E-state index in [1.807, 2.05) is 11.1 Å². The fourth-order valence-corrected chi connectivity index (χ4v) is 2.96. The third kappa shape index (κ3) is 1.82. The number of halogens is 1. The molecule has 0 spiro atoms. The Kier molecular flexibility index (Phi) is 2.59. The average molecular weight is 275 g/mol. The Hall–Kier alpha value is -0.831. The van der Waals surface area contributed by atoms with Gasteiger partial charge < -0.3 is 0 Å². The van der Waals surface area contributed by atoms with E-state index in [2.05, 4.69) is 4.98 Å². The Bertz CT molecular complexity index is 495. The zero-order valence-corrected chi connectivity index (χ0v) is 9.50. The molecule has 5 heteroatoms. The van der Waals surface area contributed by atoms with Crippen LogP contribution < -0.4 is 0 Å². The van der Waals surface area contributed by atoms with Crippen LogP contribution in [0.3, 0.4) is 0 Å². The zero-order chi connectivity index (χ0) is 10.1. The third-order valence-electron chi connectivity index (χ3n) is 1.84. The molecule has 0 atom stereocenters. The van der Waals surface area contributed by atoms with E-state index in [0.29, 0.717) is 10.6 Å². The van der Waals surface area contributed by atoms with Gasteiger partial charge in [0.15, 0.2) is 0 Å². The second kappa shape index (κ2) is 3.73. The molecule has 72 valence electrons. The minimum absolute atomic E-state index is 0.0256. The average Bonchev–Trinajstić information content (AvgIpc) is 2.51. The van der Waals surface area contributed by atoms with Gasteiger partial charge in [0.1, 0.15) is 0 Å². The van der Waals surface area contributed by atoms with E-state index >= 15 is 0 Å². The van der Waals surface area contributed by atoms with E-state index in [1.165, 1.54) is 0 Å². The molecular weight excluding hydrogens is 269 g/mol. The van der Waals surface area contributed by atoms with E-state index in [4.69, 9.17) is 16.7 Å². The SMILES string of the molecule is O=C(O)Cc1cc2[se]cnc2cc1Cl.